The van der Waals surface area contributed by atoms with Gasteiger partial charge in [0.2, 0.25) is 17.8 Å². The number of hydrogen-bond donors (Lipinski definition) is 1. The number of nitrogens with zero attached hydrogens (tertiary/aromatic N) is 6. The molecule has 1 aromatic carbocycles. The number of rotatable bonds is 6. The van der Waals surface area contributed by atoms with E-state index in [-0.39, 0.29) is 0 Å². The van der Waals surface area contributed by atoms with Gasteiger partial charge in [-0.05, 0) is 42.7 Å². The van der Waals surface area contributed by atoms with E-state index in [1.54, 1.807) is 6.21 Å². The summed E-state index contributed by atoms with van der Waals surface area (Å²) in [6, 6.07) is 8.45. The Kier molecular flexibility index (Phi) is 5.69. The summed E-state index contributed by atoms with van der Waals surface area (Å²) in [5, 5.41) is 4.36. The third-order valence-corrected chi connectivity index (χ3v) is 5.37. The van der Waals surface area contributed by atoms with E-state index in [2.05, 4.69) is 68.4 Å². The fourth-order valence-electron chi connectivity index (χ4n) is 3.65. The zero-order valence-corrected chi connectivity index (χ0v) is 16.8. The van der Waals surface area contributed by atoms with Crippen molar-refractivity contribution in [3.8, 4) is 0 Å². The smallest absolute Gasteiger partial charge is 0.250 e. The van der Waals surface area contributed by atoms with Crippen LogP contribution in [0.1, 0.15) is 56.6 Å². The average molecular weight is 380 g/mol. The first-order valence-corrected chi connectivity index (χ1v) is 10.3. The van der Waals surface area contributed by atoms with E-state index in [1.807, 2.05) is 0 Å². The number of nitrogens with one attached hydrogen (secondary N) is 1. The van der Waals surface area contributed by atoms with Gasteiger partial charge in [-0.3, -0.25) is 0 Å². The van der Waals surface area contributed by atoms with Crippen LogP contribution in [0.15, 0.2) is 29.4 Å². The molecule has 148 valence electrons. The maximum absolute atomic E-state index is 4.73. The van der Waals surface area contributed by atoms with Gasteiger partial charge >= 0.3 is 0 Å². The number of aromatic nitrogens is 3. The minimum Gasteiger partial charge on any atom is -0.341 e. The standard InChI is InChI=1S/C21H29N7/c1-16(2)18-9-7-17(8-10-18)15-22-26-19-23-20(27-11-3-4-12-27)25-21(24-19)28-13-5-6-14-28/h7-10,15-16H,3-6,11-14H2,1-2H3,(H,23,24,25,26)/b22-15+. The predicted molar refractivity (Wildman–Crippen MR) is 114 cm³/mol. The van der Waals surface area contributed by atoms with Crippen molar-refractivity contribution in [1.82, 2.24) is 15.0 Å². The Bertz CT molecular complexity index is 770. The third-order valence-electron chi connectivity index (χ3n) is 5.37. The number of benzene rings is 1. The molecule has 1 aromatic heterocycles. The number of hydrazone groups is 1. The second-order valence-corrected chi connectivity index (χ2v) is 7.84. The molecule has 0 amide bonds. The molecule has 1 N–H and O–H groups in total. The number of anilines is 3. The molecular formula is C21H29N7. The predicted octanol–water partition coefficient (Wildman–Crippen LogP) is 3.64. The average Bonchev–Trinajstić information content (AvgIpc) is 3.42. The van der Waals surface area contributed by atoms with Crippen LogP contribution >= 0.6 is 0 Å². The van der Waals surface area contributed by atoms with Crippen molar-refractivity contribution in [2.24, 2.45) is 5.10 Å². The lowest BCUT2D eigenvalue weighted by molar-refractivity contribution is 0.838. The zero-order valence-electron chi connectivity index (χ0n) is 16.8. The van der Waals surface area contributed by atoms with Gasteiger partial charge in [0.25, 0.3) is 0 Å². The molecule has 2 saturated heterocycles. The highest BCUT2D eigenvalue weighted by Gasteiger charge is 2.21. The molecule has 0 radical (unpaired) electrons. The fraction of sp³-hybridized carbons (Fsp3) is 0.524. The Hall–Kier alpha value is -2.70. The van der Waals surface area contributed by atoms with Crippen molar-refractivity contribution in [1.29, 1.82) is 0 Å². The van der Waals surface area contributed by atoms with Gasteiger partial charge < -0.3 is 9.80 Å². The van der Waals surface area contributed by atoms with Crippen LogP contribution in [0.3, 0.4) is 0 Å². The van der Waals surface area contributed by atoms with Crippen molar-refractivity contribution < 1.29 is 0 Å². The molecule has 0 unspecified atom stereocenters. The van der Waals surface area contributed by atoms with Crippen molar-refractivity contribution in [2.45, 2.75) is 45.4 Å². The first-order chi connectivity index (χ1) is 13.7. The van der Waals surface area contributed by atoms with Gasteiger partial charge in [-0.25, -0.2) is 5.43 Å². The molecule has 2 aliphatic rings. The van der Waals surface area contributed by atoms with Crippen LogP contribution in [-0.4, -0.2) is 47.3 Å². The molecule has 0 spiro atoms. The quantitative estimate of drug-likeness (QED) is 0.610. The molecule has 4 rings (SSSR count). The maximum atomic E-state index is 4.73. The van der Waals surface area contributed by atoms with Gasteiger partial charge in [-0.2, -0.15) is 20.1 Å². The number of hydrogen-bond acceptors (Lipinski definition) is 7. The van der Waals surface area contributed by atoms with Crippen LogP contribution in [0.25, 0.3) is 0 Å². The van der Waals surface area contributed by atoms with E-state index in [0.29, 0.717) is 11.9 Å². The van der Waals surface area contributed by atoms with Crippen LogP contribution in [0.5, 0.6) is 0 Å². The molecule has 3 heterocycles. The second kappa shape index (κ2) is 8.54. The van der Waals surface area contributed by atoms with Crippen LogP contribution in [0, 0.1) is 0 Å². The summed E-state index contributed by atoms with van der Waals surface area (Å²) in [6.07, 6.45) is 6.57. The van der Waals surface area contributed by atoms with E-state index in [1.165, 1.54) is 31.2 Å². The zero-order chi connectivity index (χ0) is 19.3. The Morgan fingerprint density at radius 1 is 0.857 bits per heavy atom. The van der Waals surface area contributed by atoms with Gasteiger partial charge in [0.05, 0.1) is 6.21 Å². The highest BCUT2D eigenvalue weighted by molar-refractivity contribution is 5.80. The van der Waals surface area contributed by atoms with E-state index in [9.17, 15) is 0 Å². The second-order valence-electron chi connectivity index (χ2n) is 7.84. The molecule has 0 saturated carbocycles. The Balaban J connectivity index is 1.50. The highest BCUT2D eigenvalue weighted by atomic mass is 15.4. The molecule has 2 aliphatic heterocycles. The van der Waals surface area contributed by atoms with Crippen molar-refractivity contribution in [3.05, 3.63) is 35.4 Å². The molecule has 0 bridgehead atoms. The Morgan fingerprint density at radius 3 is 1.89 bits per heavy atom. The van der Waals surface area contributed by atoms with Crippen LogP contribution in [0.4, 0.5) is 17.8 Å². The molecule has 0 aliphatic carbocycles. The van der Waals surface area contributed by atoms with Gasteiger partial charge in [0, 0.05) is 26.2 Å². The van der Waals surface area contributed by atoms with Crippen LogP contribution in [-0.2, 0) is 0 Å². The van der Waals surface area contributed by atoms with Gasteiger partial charge in [0.1, 0.15) is 0 Å². The summed E-state index contributed by atoms with van der Waals surface area (Å²) in [6.45, 7) is 8.42. The molecule has 7 nitrogen and oxygen atoms in total. The fourth-order valence-corrected chi connectivity index (χ4v) is 3.65. The Labute approximate surface area is 166 Å². The topological polar surface area (TPSA) is 69.5 Å². The summed E-state index contributed by atoms with van der Waals surface area (Å²) in [5.74, 6) is 2.55. The van der Waals surface area contributed by atoms with E-state index < -0.39 is 0 Å². The van der Waals surface area contributed by atoms with Gasteiger partial charge in [0.15, 0.2) is 0 Å². The minimum absolute atomic E-state index is 0.508. The van der Waals surface area contributed by atoms with E-state index >= 15 is 0 Å². The summed E-state index contributed by atoms with van der Waals surface area (Å²) < 4.78 is 0. The monoisotopic (exact) mass is 379 g/mol. The SMILES string of the molecule is CC(C)c1ccc(/C=N/Nc2nc(N3CCCC3)nc(N3CCCC3)n2)cc1. The molecule has 2 fully saturated rings. The summed E-state index contributed by atoms with van der Waals surface area (Å²) in [4.78, 5) is 18.4. The highest BCUT2D eigenvalue weighted by Crippen LogP contribution is 2.22. The first-order valence-electron chi connectivity index (χ1n) is 10.3. The van der Waals surface area contributed by atoms with Gasteiger partial charge in [-0.15, -0.1) is 0 Å². The largest absolute Gasteiger partial charge is 0.341 e. The summed E-state index contributed by atoms with van der Waals surface area (Å²) in [7, 11) is 0. The van der Waals surface area contributed by atoms with E-state index in [4.69, 9.17) is 4.98 Å². The van der Waals surface area contributed by atoms with Crippen molar-refractivity contribution >= 4 is 24.1 Å². The van der Waals surface area contributed by atoms with Crippen molar-refractivity contribution in [3.63, 3.8) is 0 Å². The van der Waals surface area contributed by atoms with E-state index in [0.717, 1.165) is 43.6 Å². The van der Waals surface area contributed by atoms with Crippen LogP contribution < -0.4 is 15.2 Å². The molecule has 28 heavy (non-hydrogen) atoms. The molecule has 2 aromatic rings. The van der Waals surface area contributed by atoms with Gasteiger partial charge in [-0.1, -0.05) is 38.1 Å². The lowest BCUT2D eigenvalue weighted by Crippen LogP contribution is -2.25. The lowest BCUT2D eigenvalue weighted by atomic mass is 10.0. The molecule has 0 atom stereocenters. The first kappa shape index (κ1) is 18.7. The summed E-state index contributed by atoms with van der Waals surface area (Å²) in [5.41, 5.74) is 5.39. The molecular weight excluding hydrogens is 350 g/mol. The maximum Gasteiger partial charge on any atom is 0.250 e. The third kappa shape index (κ3) is 4.40. The molecule has 7 heteroatoms. The lowest BCUT2D eigenvalue weighted by Gasteiger charge is -2.20. The normalized spacial score (nSPS) is 17.2. The minimum atomic E-state index is 0.508. The summed E-state index contributed by atoms with van der Waals surface area (Å²) >= 11 is 0. The Morgan fingerprint density at radius 2 is 1.39 bits per heavy atom. The van der Waals surface area contributed by atoms with Crippen molar-refractivity contribution in [2.75, 3.05) is 41.4 Å². The van der Waals surface area contributed by atoms with Crippen LogP contribution in [0.2, 0.25) is 0 Å².